The second kappa shape index (κ2) is 6.48. The third-order valence-electron chi connectivity index (χ3n) is 3.34. The van der Waals surface area contributed by atoms with Gasteiger partial charge in [-0.05, 0) is 32.4 Å². The number of aromatic nitrogens is 3. The lowest BCUT2D eigenvalue weighted by Crippen LogP contribution is -2.23. The smallest absolute Gasteiger partial charge is 0.0885 e. The Morgan fingerprint density at radius 3 is 2.63 bits per heavy atom. The third-order valence-corrected chi connectivity index (χ3v) is 3.34. The summed E-state index contributed by atoms with van der Waals surface area (Å²) in [6.07, 6.45) is 3.94. The molecule has 1 atom stereocenters. The second-order valence-electron chi connectivity index (χ2n) is 4.93. The number of likely N-dealkylation sites (N-methyl/N-ethyl adjacent to an activating group) is 1. The minimum absolute atomic E-state index is 0.498. The van der Waals surface area contributed by atoms with Crippen LogP contribution in [0.5, 0.6) is 0 Å². The molecule has 0 spiro atoms. The molecule has 1 N–H and O–H groups in total. The number of nitrogens with one attached hydrogen (secondary N) is 1. The Balaban J connectivity index is 2.15. The fourth-order valence-corrected chi connectivity index (χ4v) is 2.13. The van der Waals surface area contributed by atoms with Crippen LogP contribution >= 0.6 is 0 Å². The first kappa shape index (κ1) is 13.7. The average Bonchev–Trinajstić information content (AvgIpc) is 2.88. The lowest BCUT2D eigenvalue weighted by atomic mass is 10.0. The van der Waals surface area contributed by atoms with Crippen molar-refractivity contribution in [3.8, 4) is 11.3 Å². The van der Waals surface area contributed by atoms with Crippen molar-refractivity contribution >= 4 is 0 Å². The molecule has 0 aliphatic heterocycles. The van der Waals surface area contributed by atoms with Gasteiger partial charge in [0, 0.05) is 18.2 Å². The summed E-state index contributed by atoms with van der Waals surface area (Å²) in [5, 5.41) is 11.4. The molecule has 1 unspecified atom stereocenters. The van der Waals surface area contributed by atoms with Crippen molar-refractivity contribution in [2.75, 3.05) is 7.05 Å². The van der Waals surface area contributed by atoms with Crippen LogP contribution in [-0.2, 0) is 13.0 Å². The molecule has 4 nitrogen and oxygen atoms in total. The molecule has 0 amide bonds. The molecule has 0 aliphatic carbocycles. The van der Waals surface area contributed by atoms with Crippen LogP contribution < -0.4 is 5.32 Å². The number of aryl methyl sites for hydroxylation is 1. The highest BCUT2D eigenvalue weighted by atomic mass is 15.4. The van der Waals surface area contributed by atoms with Gasteiger partial charge in [0.25, 0.3) is 0 Å². The molecular weight excluding hydrogens is 236 g/mol. The second-order valence-corrected chi connectivity index (χ2v) is 4.93. The maximum absolute atomic E-state index is 4.12. The summed E-state index contributed by atoms with van der Waals surface area (Å²) in [6, 6.07) is 9.18. The van der Waals surface area contributed by atoms with Crippen molar-refractivity contribution in [2.24, 2.45) is 0 Å². The van der Waals surface area contributed by atoms with Crippen molar-refractivity contribution in [3.63, 3.8) is 0 Å². The summed E-state index contributed by atoms with van der Waals surface area (Å²) < 4.78 is 1.96. The SMILES string of the molecule is CCCn1nncc1-c1ccc(CC(C)NC)cc1. The lowest BCUT2D eigenvalue weighted by molar-refractivity contribution is 0.584. The minimum atomic E-state index is 0.498. The number of nitrogens with zero attached hydrogens (tertiary/aromatic N) is 3. The Hall–Kier alpha value is -1.68. The molecule has 2 rings (SSSR count). The zero-order chi connectivity index (χ0) is 13.7. The predicted molar refractivity (Wildman–Crippen MR) is 78.0 cm³/mol. The minimum Gasteiger partial charge on any atom is -0.317 e. The van der Waals surface area contributed by atoms with Gasteiger partial charge in [0.05, 0.1) is 11.9 Å². The topological polar surface area (TPSA) is 42.7 Å². The van der Waals surface area contributed by atoms with Crippen molar-refractivity contribution in [1.29, 1.82) is 0 Å². The standard InChI is InChI=1S/C15H22N4/c1-4-9-19-15(11-17-18-19)14-7-5-13(6-8-14)10-12(2)16-3/h5-8,11-12,16H,4,9-10H2,1-3H3. The van der Waals surface area contributed by atoms with E-state index in [-0.39, 0.29) is 0 Å². The van der Waals surface area contributed by atoms with Crippen LogP contribution in [0.3, 0.4) is 0 Å². The third kappa shape index (κ3) is 3.41. The van der Waals surface area contributed by atoms with Gasteiger partial charge in [0.2, 0.25) is 0 Å². The van der Waals surface area contributed by atoms with Crippen LogP contribution in [-0.4, -0.2) is 28.1 Å². The molecule has 0 saturated heterocycles. The first-order chi connectivity index (χ1) is 9.24. The van der Waals surface area contributed by atoms with Crippen LogP contribution in [0.4, 0.5) is 0 Å². The molecule has 0 radical (unpaired) electrons. The summed E-state index contributed by atoms with van der Waals surface area (Å²) in [6.45, 7) is 5.25. The van der Waals surface area contributed by atoms with Crippen molar-refractivity contribution in [2.45, 2.75) is 39.3 Å². The molecule has 1 aromatic heterocycles. The Bertz CT molecular complexity index is 501. The van der Waals surface area contributed by atoms with Crippen LogP contribution in [0.1, 0.15) is 25.8 Å². The number of benzene rings is 1. The van der Waals surface area contributed by atoms with Gasteiger partial charge in [-0.15, -0.1) is 5.10 Å². The monoisotopic (exact) mass is 258 g/mol. The van der Waals surface area contributed by atoms with Gasteiger partial charge in [-0.1, -0.05) is 36.4 Å². The Morgan fingerprint density at radius 2 is 2.00 bits per heavy atom. The predicted octanol–water partition coefficient (Wildman–Crippen LogP) is 2.51. The Morgan fingerprint density at radius 1 is 1.26 bits per heavy atom. The molecule has 102 valence electrons. The summed E-state index contributed by atoms with van der Waals surface area (Å²) in [7, 11) is 1.99. The molecule has 0 saturated carbocycles. The van der Waals surface area contributed by atoms with Gasteiger partial charge in [-0.25, -0.2) is 4.68 Å². The quantitative estimate of drug-likeness (QED) is 0.865. The van der Waals surface area contributed by atoms with E-state index in [0.29, 0.717) is 6.04 Å². The van der Waals surface area contributed by atoms with Crippen molar-refractivity contribution in [3.05, 3.63) is 36.0 Å². The van der Waals surface area contributed by atoms with E-state index in [1.54, 1.807) is 0 Å². The van der Waals surface area contributed by atoms with E-state index in [9.17, 15) is 0 Å². The first-order valence-corrected chi connectivity index (χ1v) is 6.89. The lowest BCUT2D eigenvalue weighted by Gasteiger charge is -2.10. The van der Waals surface area contributed by atoms with E-state index in [1.165, 1.54) is 11.1 Å². The Labute approximate surface area is 114 Å². The molecule has 0 bridgehead atoms. The molecule has 19 heavy (non-hydrogen) atoms. The molecule has 2 aromatic rings. The van der Waals surface area contributed by atoms with Gasteiger partial charge in [-0.2, -0.15) is 0 Å². The van der Waals surface area contributed by atoms with Crippen LogP contribution in [0.15, 0.2) is 30.5 Å². The van der Waals surface area contributed by atoms with Crippen LogP contribution in [0.25, 0.3) is 11.3 Å². The van der Waals surface area contributed by atoms with Gasteiger partial charge < -0.3 is 5.32 Å². The zero-order valence-corrected chi connectivity index (χ0v) is 11.9. The molecular formula is C15H22N4. The molecule has 4 heteroatoms. The van der Waals surface area contributed by atoms with Gasteiger partial charge in [-0.3, -0.25) is 0 Å². The first-order valence-electron chi connectivity index (χ1n) is 6.89. The summed E-state index contributed by atoms with van der Waals surface area (Å²) >= 11 is 0. The van der Waals surface area contributed by atoms with E-state index in [2.05, 4.69) is 53.7 Å². The number of rotatable bonds is 6. The van der Waals surface area contributed by atoms with Crippen molar-refractivity contribution in [1.82, 2.24) is 20.3 Å². The molecule has 1 heterocycles. The highest BCUT2D eigenvalue weighted by Crippen LogP contribution is 2.19. The summed E-state index contributed by atoms with van der Waals surface area (Å²) in [4.78, 5) is 0. The normalized spacial score (nSPS) is 12.6. The highest BCUT2D eigenvalue weighted by molar-refractivity contribution is 5.58. The zero-order valence-electron chi connectivity index (χ0n) is 11.9. The van der Waals surface area contributed by atoms with Crippen LogP contribution in [0.2, 0.25) is 0 Å². The number of hydrogen-bond donors (Lipinski definition) is 1. The fraction of sp³-hybridized carbons (Fsp3) is 0.467. The maximum Gasteiger partial charge on any atom is 0.0885 e. The highest BCUT2D eigenvalue weighted by Gasteiger charge is 2.06. The molecule has 0 aliphatic rings. The average molecular weight is 258 g/mol. The van der Waals surface area contributed by atoms with E-state index in [1.807, 2.05) is 17.9 Å². The van der Waals surface area contributed by atoms with Gasteiger partial charge in [0.15, 0.2) is 0 Å². The summed E-state index contributed by atoms with van der Waals surface area (Å²) in [5.41, 5.74) is 3.62. The summed E-state index contributed by atoms with van der Waals surface area (Å²) in [5.74, 6) is 0. The Kier molecular flexibility index (Phi) is 4.68. The van der Waals surface area contributed by atoms with E-state index < -0.39 is 0 Å². The van der Waals surface area contributed by atoms with Crippen LogP contribution in [0, 0.1) is 0 Å². The largest absolute Gasteiger partial charge is 0.317 e. The maximum atomic E-state index is 4.12. The fourth-order valence-electron chi connectivity index (χ4n) is 2.13. The molecule has 0 fully saturated rings. The van der Waals surface area contributed by atoms with E-state index >= 15 is 0 Å². The van der Waals surface area contributed by atoms with Gasteiger partial charge in [0.1, 0.15) is 0 Å². The number of hydrogen-bond acceptors (Lipinski definition) is 3. The van der Waals surface area contributed by atoms with Gasteiger partial charge >= 0.3 is 0 Å². The molecule has 1 aromatic carbocycles. The van der Waals surface area contributed by atoms with E-state index in [0.717, 1.165) is 25.1 Å². The van der Waals surface area contributed by atoms with E-state index in [4.69, 9.17) is 0 Å². The van der Waals surface area contributed by atoms with Crippen molar-refractivity contribution < 1.29 is 0 Å².